The second-order valence-electron chi connectivity index (χ2n) is 19.2. The van der Waals surface area contributed by atoms with Gasteiger partial charge in [0.2, 0.25) is 27.7 Å². The van der Waals surface area contributed by atoms with Gasteiger partial charge in [0.25, 0.3) is 11.8 Å². The molecule has 0 radical (unpaired) electrons. The van der Waals surface area contributed by atoms with E-state index in [1.807, 2.05) is 12.1 Å². The highest BCUT2D eigenvalue weighted by Crippen LogP contribution is 2.46. The minimum Gasteiger partial charge on any atom is -0.490 e. The predicted molar refractivity (Wildman–Crippen MR) is 232 cm³/mol. The van der Waals surface area contributed by atoms with E-state index in [1.165, 1.54) is 34.5 Å². The number of ether oxygens (including phenoxy) is 3. The largest absolute Gasteiger partial charge is 0.490 e. The van der Waals surface area contributed by atoms with Crippen molar-refractivity contribution in [3.05, 3.63) is 60.2 Å². The van der Waals surface area contributed by atoms with Gasteiger partial charge in [-0.05, 0) is 66.7 Å². The predicted octanol–water partition coefficient (Wildman–Crippen LogP) is 2.64. The van der Waals surface area contributed by atoms with E-state index in [0.29, 0.717) is 50.4 Å². The van der Waals surface area contributed by atoms with Gasteiger partial charge in [-0.15, -0.1) is 6.58 Å². The van der Waals surface area contributed by atoms with Crippen molar-refractivity contribution in [2.24, 2.45) is 17.3 Å². The van der Waals surface area contributed by atoms with Crippen molar-refractivity contribution < 1.29 is 51.4 Å². The number of carbonyl (C=O) groups excluding carboxylic acids is 6. The van der Waals surface area contributed by atoms with Crippen molar-refractivity contribution >= 4 is 45.7 Å². The number of benzene rings is 1. The first-order valence-electron chi connectivity index (χ1n) is 22.5. The molecule has 0 bridgehead atoms. The zero-order chi connectivity index (χ0) is 46.3. The molecular weight excluding hydrogens is 861 g/mol. The van der Waals surface area contributed by atoms with Gasteiger partial charge in [0.15, 0.2) is 11.5 Å². The monoisotopic (exact) mass is 918 g/mol. The number of carbonyl (C=O) groups is 6. The molecule has 1 saturated heterocycles. The lowest BCUT2D eigenvalue weighted by Crippen LogP contribution is -2.62. The van der Waals surface area contributed by atoms with Crippen LogP contribution in [0.3, 0.4) is 0 Å². The molecule has 0 spiro atoms. The maximum Gasteiger partial charge on any atom is 0.410 e. The van der Waals surface area contributed by atoms with E-state index in [4.69, 9.17) is 14.2 Å². The van der Waals surface area contributed by atoms with E-state index < -0.39 is 92.0 Å². The maximum absolute atomic E-state index is 15.1. The fraction of sp³-hybridized carbons (Fsp3) is 0.600. The first kappa shape index (κ1) is 45.8. The standard InChI is InChI=1S/C45H58N8O11S/c1-5-29-21-45(29,42(58)51-65(60,61)31-12-13-31)50-39(55)33-20-30(64-43(59)52-23-27-18-34-35(19-28(27)24-52)63-17-9-16-62-34)25-53(33)41(57)37(44(2,3)4)49-40(56)36(26-10-7-6-8-11-26)48-38(54)32-22-46-14-15-47-32/h5,14-15,18-19,22,26,29-31,33,36-37H,1,6-13,16-17,20-21,23-25H2,2-4H3,(H,48,54)(H,49,56)(H,50,55)(H,51,58)/t29-,30+,33?,36-,37+,45-/m0/s1. The number of hydrogen-bond donors (Lipinski definition) is 4. The molecule has 4 fully saturated rings. The van der Waals surface area contributed by atoms with Crippen molar-refractivity contribution in [2.45, 2.75) is 133 Å². The Hall–Kier alpha value is -5.79. The molecule has 3 aliphatic heterocycles. The number of amides is 6. The molecule has 19 nitrogen and oxygen atoms in total. The summed E-state index contributed by atoms with van der Waals surface area (Å²) >= 11 is 0. The minimum absolute atomic E-state index is 0.0254. The summed E-state index contributed by atoms with van der Waals surface area (Å²) in [7, 11) is -3.97. The number of nitrogens with zero attached hydrogens (tertiary/aromatic N) is 4. The Morgan fingerprint density at radius 3 is 2.20 bits per heavy atom. The van der Waals surface area contributed by atoms with Gasteiger partial charge in [-0.3, -0.25) is 38.6 Å². The summed E-state index contributed by atoms with van der Waals surface area (Å²) in [5.74, 6) is -3.16. The molecule has 20 heteroatoms. The summed E-state index contributed by atoms with van der Waals surface area (Å²) in [6, 6.07) is 0.120. The molecule has 6 aliphatic rings. The Kier molecular flexibility index (Phi) is 12.8. The number of nitrogens with one attached hydrogen (secondary N) is 4. The van der Waals surface area contributed by atoms with Gasteiger partial charge in [-0.1, -0.05) is 46.1 Å². The molecule has 6 atom stereocenters. The van der Waals surface area contributed by atoms with Gasteiger partial charge in [-0.2, -0.15) is 0 Å². The van der Waals surface area contributed by atoms with Crippen LogP contribution in [0.1, 0.15) is 107 Å². The molecule has 1 aromatic carbocycles. The van der Waals surface area contributed by atoms with Crippen LogP contribution in [0, 0.1) is 17.3 Å². The van der Waals surface area contributed by atoms with E-state index in [1.54, 1.807) is 20.8 Å². The molecule has 3 aliphatic carbocycles. The van der Waals surface area contributed by atoms with Crippen LogP contribution >= 0.6 is 0 Å². The Morgan fingerprint density at radius 2 is 1.62 bits per heavy atom. The molecule has 6 amide bonds. The molecule has 1 aromatic heterocycles. The topological polar surface area (TPSA) is 245 Å². The molecule has 350 valence electrons. The Balaban J connectivity index is 1.04. The van der Waals surface area contributed by atoms with Crippen LogP contribution in [0.2, 0.25) is 0 Å². The normalized spacial score (nSPS) is 24.9. The van der Waals surface area contributed by atoms with Crippen LogP contribution in [0.25, 0.3) is 0 Å². The van der Waals surface area contributed by atoms with Crippen molar-refractivity contribution in [2.75, 3.05) is 19.8 Å². The first-order valence-corrected chi connectivity index (χ1v) is 24.1. The summed E-state index contributed by atoms with van der Waals surface area (Å²) < 4.78 is 45.6. The third-order valence-electron chi connectivity index (χ3n) is 13.3. The summed E-state index contributed by atoms with van der Waals surface area (Å²) in [6.45, 7) is 10.3. The number of likely N-dealkylation sites (tertiary alicyclic amines) is 1. The third-order valence-corrected chi connectivity index (χ3v) is 15.1. The highest BCUT2D eigenvalue weighted by atomic mass is 32.2. The highest BCUT2D eigenvalue weighted by molar-refractivity contribution is 7.91. The van der Waals surface area contributed by atoms with E-state index in [2.05, 4.69) is 37.2 Å². The maximum atomic E-state index is 15.1. The van der Waals surface area contributed by atoms with Crippen LogP contribution in [0.4, 0.5) is 4.79 Å². The van der Waals surface area contributed by atoms with Crippen molar-refractivity contribution in [3.8, 4) is 11.5 Å². The number of fused-ring (bicyclic) bond motifs is 2. The quantitative estimate of drug-likeness (QED) is 0.212. The molecule has 3 saturated carbocycles. The van der Waals surface area contributed by atoms with E-state index in [9.17, 15) is 32.4 Å². The fourth-order valence-corrected chi connectivity index (χ4v) is 10.7. The van der Waals surface area contributed by atoms with Gasteiger partial charge in [0, 0.05) is 44.2 Å². The Labute approximate surface area is 378 Å². The average molecular weight is 919 g/mol. The van der Waals surface area contributed by atoms with Crippen LogP contribution < -0.4 is 30.1 Å². The van der Waals surface area contributed by atoms with Crippen LogP contribution in [0.5, 0.6) is 11.5 Å². The zero-order valence-electron chi connectivity index (χ0n) is 37.0. The smallest absolute Gasteiger partial charge is 0.410 e. The number of hydrogen-bond acceptors (Lipinski definition) is 13. The van der Waals surface area contributed by atoms with Crippen molar-refractivity contribution in [3.63, 3.8) is 0 Å². The number of sulfonamides is 1. The number of aromatic nitrogens is 2. The lowest BCUT2D eigenvalue weighted by molar-refractivity contribution is -0.145. The molecule has 1 unspecified atom stereocenters. The average Bonchev–Trinajstić information content (AvgIpc) is 4.19. The molecule has 65 heavy (non-hydrogen) atoms. The van der Waals surface area contributed by atoms with E-state index in [-0.39, 0.29) is 44.1 Å². The van der Waals surface area contributed by atoms with E-state index in [0.717, 1.165) is 36.8 Å². The summed E-state index contributed by atoms with van der Waals surface area (Å²) in [4.78, 5) is 95.8. The van der Waals surface area contributed by atoms with Crippen molar-refractivity contribution in [1.29, 1.82) is 0 Å². The first-order chi connectivity index (χ1) is 31.0. The van der Waals surface area contributed by atoms with Gasteiger partial charge in [0.1, 0.15) is 35.5 Å². The summed E-state index contributed by atoms with van der Waals surface area (Å²) in [5, 5.41) is 7.85. The molecule has 4 N–H and O–H groups in total. The number of rotatable bonds is 13. The zero-order valence-corrected chi connectivity index (χ0v) is 37.8. The van der Waals surface area contributed by atoms with Crippen molar-refractivity contribution in [1.82, 2.24) is 40.4 Å². The fourth-order valence-electron chi connectivity index (χ4n) is 9.34. The molecule has 2 aromatic rings. The van der Waals surface area contributed by atoms with E-state index >= 15 is 4.79 Å². The molecule has 8 rings (SSSR count). The lowest BCUT2D eigenvalue weighted by atomic mass is 9.82. The van der Waals surface area contributed by atoms with Crippen LogP contribution in [-0.4, -0.2) is 119 Å². The Bertz CT molecular complexity index is 2300. The summed E-state index contributed by atoms with van der Waals surface area (Å²) in [6.07, 6.45) is 9.42. The second-order valence-corrected chi connectivity index (χ2v) is 21.1. The SMILES string of the molecule is C=C[C@H]1C[C@@]1(NC(=O)C1C[C@@H](OC(=O)N2Cc3cc4c(cc3C2)OCCCO4)CN1C(=O)[C@@H](NC(=O)[C@@H](NC(=O)c1cnccn1)C1CCCCC1)C(C)(C)C)C(=O)NS(=O)(=O)C1CC1. The van der Waals surface area contributed by atoms with Gasteiger partial charge < -0.3 is 35.1 Å². The lowest BCUT2D eigenvalue weighted by Gasteiger charge is -2.37. The molecule has 4 heterocycles. The highest BCUT2D eigenvalue weighted by Gasteiger charge is 2.62. The van der Waals surface area contributed by atoms with Gasteiger partial charge >= 0.3 is 6.09 Å². The Morgan fingerprint density at radius 1 is 0.938 bits per heavy atom. The van der Waals surface area contributed by atoms with Gasteiger partial charge in [-0.25, -0.2) is 18.2 Å². The third kappa shape index (κ3) is 9.91. The van der Waals surface area contributed by atoms with Crippen LogP contribution in [0.15, 0.2) is 43.4 Å². The molecular formula is C45H58N8O11S. The second kappa shape index (κ2) is 18.2. The van der Waals surface area contributed by atoms with Crippen LogP contribution in [-0.2, 0) is 47.0 Å². The summed E-state index contributed by atoms with van der Waals surface area (Å²) in [5.41, 5.74) is -0.850. The minimum atomic E-state index is -3.97. The van der Waals surface area contributed by atoms with Gasteiger partial charge in [0.05, 0.1) is 31.2 Å².